The summed E-state index contributed by atoms with van der Waals surface area (Å²) in [4.78, 5) is 11.9. The summed E-state index contributed by atoms with van der Waals surface area (Å²) in [5, 5.41) is 6.32. The normalized spacial score (nSPS) is 19.5. The summed E-state index contributed by atoms with van der Waals surface area (Å²) in [5.41, 5.74) is 2.18. The van der Waals surface area contributed by atoms with Crippen LogP contribution in [0, 0.1) is 0 Å². The van der Waals surface area contributed by atoms with Gasteiger partial charge in [0.15, 0.2) is 0 Å². The molecule has 1 aliphatic rings. The molecule has 1 saturated heterocycles. The second kappa shape index (κ2) is 6.81. The van der Waals surface area contributed by atoms with Crippen LogP contribution in [-0.4, -0.2) is 30.0 Å². The molecule has 1 amide bonds. The number of carbonyl (C=O) groups excluding carboxylic acids is 1. The first-order valence-corrected chi connectivity index (χ1v) is 7.63. The summed E-state index contributed by atoms with van der Waals surface area (Å²) >= 11 is 1.91. The van der Waals surface area contributed by atoms with Crippen molar-refractivity contribution in [2.45, 2.75) is 25.8 Å². The third kappa shape index (κ3) is 4.03. The van der Waals surface area contributed by atoms with E-state index < -0.39 is 0 Å². The molecule has 3 nitrogen and oxygen atoms in total. The molecule has 98 valence electrons. The van der Waals surface area contributed by atoms with Crippen molar-refractivity contribution in [2.75, 3.05) is 23.4 Å². The number of thioether (sulfide) groups is 1. The Kier molecular flexibility index (Phi) is 5.08. The fourth-order valence-electron chi connectivity index (χ4n) is 2.01. The maximum Gasteiger partial charge on any atom is 0.225 e. The van der Waals surface area contributed by atoms with Gasteiger partial charge in [0.1, 0.15) is 0 Å². The van der Waals surface area contributed by atoms with Gasteiger partial charge in [0.05, 0.1) is 0 Å². The highest BCUT2D eigenvalue weighted by molar-refractivity contribution is 7.99. The summed E-state index contributed by atoms with van der Waals surface area (Å²) in [6.07, 6.45) is 1.58. The average Bonchev–Trinajstić information content (AvgIpc) is 2.40. The van der Waals surface area contributed by atoms with Crippen LogP contribution in [0.1, 0.15) is 18.9 Å². The van der Waals surface area contributed by atoms with Gasteiger partial charge in [0.25, 0.3) is 0 Å². The Bertz CT molecular complexity index is 385. The van der Waals surface area contributed by atoms with Gasteiger partial charge < -0.3 is 10.6 Å². The molecule has 0 radical (unpaired) electrons. The molecule has 1 fully saturated rings. The van der Waals surface area contributed by atoms with Crippen molar-refractivity contribution in [1.82, 2.24) is 5.32 Å². The Morgan fingerprint density at radius 2 is 2.22 bits per heavy atom. The van der Waals surface area contributed by atoms with Crippen LogP contribution < -0.4 is 10.6 Å². The fourth-order valence-corrected chi connectivity index (χ4v) is 2.96. The van der Waals surface area contributed by atoms with Crippen LogP contribution in [0.15, 0.2) is 24.3 Å². The number of nitrogens with one attached hydrogen (secondary N) is 2. The zero-order valence-electron chi connectivity index (χ0n) is 10.7. The van der Waals surface area contributed by atoms with Crippen LogP contribution in [-0.2, 0) is 11.2 Å². The molecular formula is C14H20N2OS. The zero-order valence-corrected chi connectivity index (χ0v) is 11.6. The SMILES string of the molecule is CCc1ccc(NC(=O)CC2CSCCN2)cc1. The van der Waals surface area contributed by atoms with Crippen LogP contribution >= 0.6 is 11.8 Å². The third-order valence-electron chi connectivity index (χ3n) is 3.08. The van der Waals surface area contributed by atoms with Gasteiger partial charge in [-0.1, -0.05) is 19.1 Å². The van der Waals surface area contributed by atoms with E-state index in [0.717, 1.165) is 30.2 Å². The molecule has 0 aromatic heterocycles. The van der Waals surface area contributed by atoms with E-state index in [-0.39, 0.29) is 5.91 Å². The van der Waals surface area contributed by atoms with E-state index in [2.05, 4.69) is 29.7 Å². The van der Waals surface area contributed by atoms with Crippen molar-refractivity contribution >= 4 is 23.4 Å². The molecule has 18 heavy (non-hydrogen) atoms. The molecule has 0 aliphatic carbocycles. The minimum atomic E-state index is 0.0965. The quantitative estimate of drug-likeness (QED) is 0.876. The van der Waals surface area contributed by atoms with Crippen molar-refractivity contribution in [1.29, 1.82) is 0 Å². The number of benzene rings is 1. The minimum absolute atomic E-state index is 0.0965. The lowest BCUT2D eigenvalue weighted by molar-refractivity contribution is -0.116. The maximum atomic E-state index is 11.9. The number of hydrogen-bond donors (Lipinski definition) is 2. The Hall–Kier alpha value is -1.00. The molecule has 0 bridgehead atoms. The second-order valence-corrected chi connectivity index (χ2v) is 5.68. The van der Waals surface area contributed by atoms with Gasteiger partial charge in [-0.2, -0.15) is 11.8 Å². The lowest BCUT2D eigenvalue weighted by Crippen LogP contribution is -2.39. The van der Waals surface area contributed by atoms with Gasteiger partial charge in [-0.15, -0.1) is 0 Å². The van der Waals surface area contributed by atoms with Crippen LogP contribution in [0.2, 0.25) is 0 Å². The van der Waals surface area contributed by atoms with Crippen LogP contribution in [0.3, 0.4) is 0 Å². The second-order valence-electron chi connectivity index (χ2n) is 4.53. The summed E-state index contributed by atoms with van der Waals surface area (Å²) in [7, 11) is 0. The first-order chi connectivity index (χ1) is 8.78. The molecule has 0 spiro atoms. The molecule has 1 atom stereocenters. The molecule has 2 rings (SSSR count). The van der Waals surface area contributed by atoms with Gasteiger partial charge >= 0.3 is 0 Å². The Morgan fingerprint density at radius 1 is 1.44 bits per heavy atom. The summed E-state index contributed by atoms with van der Waals surface area (Å²) in [6.45, 7) is 3.13. The predicted octanol–water partition coefficient (Wildman–Crippen LogP) is 2.28. The maximum absolute atomic E-state index is 11.9. The Labute approximate surface area is 113 Å². The average molecular weight is 264 g/mol. The van der Waals surface area contributed by atoms with E-state index in [1.165, 1.54) is 5.56 Å². The molecule has 2 N–H and O–H groups in total. The van der Waals surface area contributed by atoms with E-state index in [0.29, 0.717) is 12.5 Å². The molecular weight excluding hydrogens is 244 g/mol. The molecule has 0 saturated carbocycles. The number of amides is 1. The highest BCUT2D eigenvalue weighted by Gasteiger charge is 2.16. The monoisotopic (exact) mass is 264 g/mol. The van der Waals surface area contributed by atoms with Crippen LogP contribution in [0.25, 0.3) is 0 Å². The molecule has 1 aromatic carbocycles. The van der Waals surface area contributed by atoms with Crippen molar-refractivity contribution in [3.63, 3.8) is 0 Å². The largest absolute Gasteiger partial charge is 0.326 e. The van der Waals surface area contributed by atoms with Gasteiger partial charge in [0.2, 0.25) is 5.91 Å². The van der Waals surface area contributed by atoms with Crippen molar-refractivity contribution in [2.24, 2.45) is 0 Å². The van der Waals surface area contributed by atoms with Gasteiger partial charge in [-0.05, 0) is 24.1 Å². The van der Waals surface area contributed by atoms with Crippen molar-refractivity contribution < 1.29 is 4.79 Å². The number of hydrogen-bond acceptors (Lipinski definition) is 3. The summed E-state index contributed by atoms with van der Waals surface area (Å²) < 4.78 is 0. The number of anilines is 1. The Balaban J connectivity index is 1.82. The molecule has 1 unspecified atom stereocenters. The van der Waals surface area contributed by atoms with Gasteiger partial charge in [-0.25, -0.2) is 0 Å². The lowest BCUT2D eigenvalue weighted by Gasteiger charge is -2.22. The molecule has 1 aromatic rings. The smallest absolute Gasteiger partial charge is 0.225 e. The topological polar surface area (TPSA) is 41.1 Å². The number of aryl methyl sites for hydroxylation is 1. The Morgan fingerprint density at radius 3 is 2.83 bits per heavy atom. The molecule has 4 heteroatoms. The van der Waals surface area contributed by atoms with Gasteiger partial charge in [-0.3, -0.25) is 4.79 Å². The zero-order chi connectivity index (χ0) is 12.8. The van der Waals surface area contributed by atoms with E-state index in [4.69, 9.17) is 0 Å². The van der Waals surface area contributed by atoms with Gasteiger partial charge in [0, 0.05) is 36.2 Å². The number of rotatable bonds is 4. The third-order valence-corrected chi connectivity index (χ3v) is 4.21. The summed E-state index contributed by atoms with van der Waals surface area (Å²) in [5.74, 6) is 2.28. The van der Waals surface area contributed by atoms with Crippen LogP contribution in [0.4, 0.5) is 5.69 Å². The first kappa shape index (κ1) is 13.4. The highest BCUT2D eigenvalue weighted by Crippen LogP contribution is 2.13. The predicted molar refractivity (Wildman–Crippen MR) is 78.2 cm³/mol. The van der Waals surface area contributed by atoms with E-state index in [9.17, 15) is 4.79 Å². The highest BCUT2D eigenvalue weighted by atomic mass is 32.2. The van der Waals surface area contributed by atoms with E-state index >= 15 is 0 Å². The van der Waals surface area contributed by atoms with Crippen molar-refractivity contribution in [3.05, 3.63) is 29.8 Å². The molecule has 1 aliphatic heterocycles. The van der Waals surface area contributed by atoms with E-state index in [1.54, 1.807) is 0 Å². The standard InChI is InChI=1S/C14H20N2OS/c1-2-11-3-5-12(6-4-11)16-14(17)9-13-10-18-8-7-15-13/h3-6,13,15H,2,7-10H2,1H3,(H,16,17). The van der Waals surface area contributed by atoms with E-state index in [1.807, 2.05) is 23.9 Å². The first-order valence-electron chi connectivity index (χ1n) is 6.48. The minimum Gasteiger partial charge on any atom is -0.326 e. The fraction of sp³-hybridized carbons (Fsp3) is 0.500. The summed E-state index contributed by atoms with van der Waals surface area (Å²) in [6, 6.07) is 8.38. The number of carbonyl (C=O) groups is 1. The lowest BCUT2D eigenvalue weighted by atomic mass is 10.1. The van der Waals surface area contributed by atoms with Crippen molar-refractivity contribution in [3.8, 4) is 0 Å². The van der Waals surface area contributed by atoms with Crippen LogP contribution in [0.5, 0.6) is 0 Å². The molecule has 1 heterocycles.